The van der Waals surface area contributed by atoms with Crippen LogP contribution in [0.1, 0.15) is 27.2 Å². The summed E-state index contributed by atoms with van der Waals surface area (Å²) in [5.74, 6) is -3.24. The van der Waals surface area contributed by atoms with E-state index in [0.29, 0.717) is 0 Å². The molecule has 0 aromatic rings. The molecule has 0 N–H and O–H groups in total. The quantitative estimate of drug-likeness (QED) is 0.689. The van der Waals surface area contributed by atoms with Gasteiger partial charge in [-0.1, -0.05) is 15.9 Å². The Morgan fingerprint density at radius 1 is 1.33 bits per heavy atom. The van der Waals surface area contributed by atoms with Gasteiger partial charge in [0.25, 0.3) is 5.92 Å². The normalized spacial score (nSPS) is 28.1. The summed E-state index contributed by atoms with van der Waals surface area (Å²) < 4.78 is 45.9. The van der Waals surface area contributed by atoms with Gasteiger partial charge in [0.2, 0.25) is 0 Å². The van der Waals surface area contributed by atoms with Gasteiger partial charge in [-0.05, 0) is 20.8 Å². The van der Waals surface area contributed by atoms with Gasteiger partial charge in [0.15, 0.2) is 0 Å². The summed E-state index contributed by atoms with van der Waals surface area (Å²) in [4.78, 5) is 12.4. The zero-order valence-corrected chi connectivity index (χ0v) is 12.2. The maximum atomic E-state index is 14.1. The first kappa shape index (κ1) is 15.6. The standard InChI is InChI=1S/C11H17BrF3NO2/c1-9(2,3)18-8(17)16-6-10(13,5-12)4-11(14,15)7-16/h4-7H2,1-3H3. The first-order chi connectivity index (χ1) is 7.96. The van der Waals surface area contributed by atoms with Gasteiger partial charge in [-0.3, -0.25) is 4.90 Å². The van der Waals surface area contributed by atoms with Crippen molar-refractivity contribution in [2.45, 2.75) is 44.4 Å². The summed E-state index contributed by atoms with van der Waals surface area (Å²) in [6, 6.07) is 0. The Bertz CT molecular complexity index is 333. The van der Waals surface area contributed by atoms with Crippen LogP contribution in [0.3, 0.4) is 0 Å². The molecule has 1 fully saturated rings. The highest BCUT2D eigenvalue weighted by Gasteiger charge is 2.51. The van der Waals surface area contributed by atoms with Gasteiger partial charge in [-0.2, -0.15) is 0 Å². The van der Waals surface area contributed by atoms with Crippen LogP contribution >= 0.6 is 15.9 Å². The molecule has 1 aliphatic heterocycles. The van der Waals surface area contributed by atoms with E-state index >= 15 is 0 Å². The number of rotatable bonds is 1. The molecule has 18 heavy (non-hydrogen) atoms. The van der Waals surface area contributed by atoms with Gasteiger partial charge in [-0.15, -0.1) is 0 Å². The zero-order chi connectivity index (χ0) is 14.2. The molecule has 1 atom stereocenters. The number of hydrogen-bond donors (Lipinski definition) is 0. The second kappa shape index (κ2) is 4.90. The van der Waals surface area contributed by atoms with Crippen LogP contribution in [0.25, 0.3) is 0 Å². The van der Waals surface area contributed by atoms with Crippen LogP contribution in [0.2, 0.25) is 0 Å². The first-order valence-electron chi connectivity index (χ1n) is 5.57. The average Bonchev–Trinajstić information content (AvgIpc) is 2.12. The van der Waals surface area contributed by atoms with Crippen LogP contribution in [0.15, 0.2) is 0 Å². The van der Waals surface area contributed by atoms with Crippen molar-refractivity contribution in [3.05, 3.63) is 0 Å². The summed E-state index contributed by atoms with van der Waals surface area (Å²) in [5.41, 5.74) is -2.92. The largest absolute Gasteiger partial charge is 0.444 e. The molecule has 7 heteroatoms. The Morgan fingerprint density at radius 2 is 1.89 bits per heavy atom. The Labute approximate surface area is 113 Å². The molecule has 0 aliphatic carbocycles. The molecule has 0 bridgehead atoms. The Kier molecular flexibility index (Phi) is 4.25. The lowest BCUT2D eigenvalue weighted by molar-refractivity contribution is -0.115. The molecule has 0 spiro atoms. The Morgan fingerprint density at radius 3 is 2.33 bits per heavy atom. The number of alkyl halides is 4. The van der Waals surface area contributed by atoms with E-state index in [-0.39, 0.29) is 11.9 Å². The first-order valence-corrected chi connectivity index (χ1v) is 6.69. The topological polar surface area (TPSA) is 29.5 Å². The van der Waals surface area contributed by atoms with Gasteiger partial charge in [-0.25, -0.2) is 18.0 Å². The molecular formula is C11H17BrF3NO2. The molecule has 0 saturated carbocycles. The lowest BCUT2D eigenvalue weighted by Gasteiger charge is -2.40. The summed E-state index contributed by atoms with van der Waals surface area (Å²) >= 11 is 2.87. The number of carbonyl (C=O) groups excluding carboxylic acids is 1. The summed E-state index contributed by atoms with van der Waals surface area (Å²) in [7, 11) is 0. The van der Waals surface area contributed by atoms with Gasteiger partial charge in [0.1, 0.15) is 11.3 Å². The molecule has 0 radical (unpaired) electrons. The average molecular weight is 332 g/mol. The van der Waals surface area contributed by atoms with Crippen molar-refractivity contribution in [1.82, 2.24) is 4.90 Å². The van der Waals surface area contributed by atoms with Gasteiger partial charge >= 0.3 is 6.09 Å². The number of nitrogens with zero attached hydrogens (tertiary/aromatic N) is 1. The number of amides is 1. The van der Waals surface area contributed by atoms with Crippen LogP contribution in [0, 0.1) is 0 Å². The summed E-state index contributed by atoms with van der Waals surface area (Å²) in [6.45, 7) is 3.68. The lowest BCUT2D eigenvalue weighted by Crippen LogP contribution is -2.57. The van der Waals surface area contributed by atoms with Crippen molar-refractivity contribution in [2.75, 3.05) is 18.4 Å². The van der Waals surface area contributed by atoms with E-state index in [2.05, 4.69) is 15.9 Å². The highest BCUT2D eigenvalue weighted by Crippen LogP contribution is 2.37. The third kappa shape index (κ3) is 4.33. The smallest absolute Gasteiger partial charge is 0.410 e. The van der Waals surface area contributed by atoms with Crippen molar-refractivity contribution < 1.29 is 22.7 Å². The van der Waals surface area contributed by atoms with Crippen molar-refractivity contribution in [3.8, 4) is 0 Å². The fraction of sp³-hybridized carbons (Fsp3) is 0.909. The maximum Gasteiger partial charge on any atom is 0.410 e. The fourth-order valence-corrected chi connectivity index (χ4v) is 2.17. The highest BCUT2D eigenvalue weighted by molar-refractivity contribution is 9.09. The number of carbonyl (C=O) groups is 1. The Balaban J connectivity index is 2.80. The molecule has 1 aliphatic rings. The van der Waals surface area contributed by atoms with E-state index in [1.807, 2.05) is 0 Å². The van der Waals surface area contributed by atoms with Gasteiger partial charge in [0.05, 0.1) is 13.1 Å². The minimum absolute atomic E-state index is 0.241. The molecule has 1 saturated heterocycles. The van der Waals surface area contributed by atoms with Crippen molar-refractivity contribution in [3.63, 3.8) is 0 Å². The van der Waals surface area contributed by atoms with Crippen molar-refractivity contribution >= 4 is 22.0 Å². The van der Waals surface area contributed by atoms with Crippen molar-refractivity contribution in [2.24, 2.45) is 0 Å². The maximum absolute atomic E-state index is 14.1. The summed E-state index contributed by atoms with van der Waals surface area (Å²) in [6.07, 6.45) is -1.80. The van der Waals surface area contributed by atoms with E-state index < -0.39 is 36.3 Å². The molecule has 1 heterocycles. The van der Waals surface area contributed by atoms with Crippen LogP contribution < -0.4 is 0 Å². The molecule has 1 amide bonds. The fourth-order valence-electron chi connectivity index (χ4n) is 1.80. The van der Waals surface area contributed by atoms with E-state index in [1.54, 1.807) is 20.8 Å². The Hall–Kier alpha value is -0.460. The van der Waals surface area contributed by atoms with Crippen LogP contribution in [-0.2, 0) is 4.74 Å². The van der Waals surface area contributed by atoms with Gasteiger partial charge in [0, 0.05) is 11.8 Å². The van der Waals surface area contributed by atoms with E-state index in [9.17, 15) is 18.0 Å². The minimum Gasteiger partial charge on any atom is -0.444 e. The second-order valence-corrected chi connectivity index (χ2v) is 6.21. The zero-order valence-electron chi connectivity index (χ0n) is 10.6. The molecule has 106 valence electrons. The highest BCUT2D eigenvalue weighted by atomic mass is 79.9. The van der Waals surface area contributed by atoms with E-state index in [1.165, 1.54) is 0 Å². The number of likely N-dealkylation sites (tertiary alicyclic amines) is 1. The van der Waals surface area contributed by atoms with Crippen molar-refractivity contribution in [1.29, 1.82) is 0 Å². The number of halogens is 4. The third-order valence-corrected chi connectivity index (χ3v) is 3.37. The van der Waals surface area contributed by atoms with Crippen LogP contribution in [-0.4, -0.2) is 46.6 Å². The SMILES string of the molecule is CC(C)(C)OC(=O)N1CC(F)(F)CC(F)(CBr)C1. The van der Waals surface area contributed by atoms with Gasteiger partial charge < -0.3 is 4.74 Å². The van der Waals surface area contributed by atoms with Crippen LogP contribution in [0.4, 0.5) is 18.0 Å². The minimum atomic E-state index is -3.24. The number of piperidine rings is 1. The molecule has 0 aromatic heterocycles. The monoisotopic (exact) mass is 331 g/mol. The van der Waals surface area contributed by atoms with E-state index in [4.69, 9.17) is 4.74 Å². The lowest BCUT2D eigenvalue weighted by atomic mass is 9.94. The number of ether oxygens (including phenoxy) is 1. The molecular weight excluding hydrogens is 315 g/mol. The third-order valence-electron chi connectivity index (χ3n) is 2.36. The molecule has 3 nitrogen and oxygen atoms in total. The number of hydrogen-bond acceptors (Lipinski definition) is 2. The van der Waals surface area contributed by atoms with E-state index in [0.717, 1.165) is 4.90 Å². The predicted octanol–water partition coefficient (Wildman–Crippen LogP) is 3.37. The molecule has 0 aromatic carbocycles. The predicted molar refractivity (Wildman–Crippen MR) is 65.0 cm³/mol. The molecule has 1 unspecified atom stereocenters. The summed E-state index contributed by atoms with van der Waals surface area (Å²) in [5, 5.41) is -0.241. The van der Waals surface area contributed by atoms with Crippen LogP contribution in [0.5, 0.6) is 0 Å². The molecule has 1 rings (SSSR count). The second-order valence-electron chi connectivity index (χ2n) is 5.65.